The number of furan rings is 1. The van der Waals surface area contributed by atoms with Crippen LogP contribution >= 0.6 is 0 Å². The van der Waals surface area contributed by atoms with E-state index in [1.807, 2.05) is 12.1 Å². The van der Waals surface area contributed by atoms with Crippen molar-refractivity contribution in [2.24, 2.45) is 0 Å². The van der Waals surface area contributed by atoms with E-state index in [9.17, 15) is 13.2 Å². The minimum absolute atomic E-state index is 0.0373. The maximum Gasteiger partial charge on any atom is 0.287 e. The van der Waals surface area contributed by atoms with Gasteiger partial charge in [0, 0.05) is 44.0 Å². The number of sulfonamides is 1. The number of pyridine rings is 1. The standard InChI is InChI=1S/C23H25N3O6S/c1-16-21(33(28,29)26-10-3-4-11-26)13-20(31-16)23(27)25-15-17-8-9-22(24-14-17)32-19-7-5-6-18(12-19)30-2/h5-9,12-14H,3-4,10-11,15H2,1-2H3,(H,25,27). The predicted molar refractivity (Wildman–Crippen MR) is 120 cm³/mol. The highest BCUT2D eigenvalue weighted by molar-refractivity contribution is 7.89. The Bertz CT molecular complexity index is 1230. The van der Waals surface area contributed by atoms with Crippen molar-refractivity contribution in [1.82, 2.24) is 14.6 Å². The second-order valence-corrected chi connectivity index (χ2v) is 9.52. The van der Waals surface area contributed by atoms with Gasteiger partial charge < -0.3 is 19.2 Å². The lowest BCUT2D eigenvalue weighted by Gasteiger charge is -2.14. The van der Waals surface area contributed by atoms with Gasteiger partial charge in [-0.25, -0.2) is 13.4 Å². The summed E-state index contributed by atoms with van der Waals surface area (Å²) in [6, 6.07) is 11.9. The number of aromatic nitrogens is 1. The molecule has 4 rings (SSSR count). The van der Waals surface area contributed by atoms with Crippen LogP contribution in [0, 0.1) is 6.92 Å². The zero-order valence-electron chi connectivity index (χ0n) is 18.4. The van der Waals surface area contributed by atoms with E-state index in [0.717, 1.165) is 18.4 Å². The van der Waals surface area contributed by atoms with E-state index in [-0.39, 0.29) is 23.0 Å². The summed E-state index contributed by atoms with van der Waals surface area (Å²) >= 11 is 0. The minimum Gasteiger partial charge on any atom is -0.497 e. The average Bonchev–Trinajstić information content (AvgIpc) is 3.49. The van der Waals surface area contributed by atoms with Gasteiger partial charge in [-0.1, -0.05) is 12.1 Å². The van der Waals surface area contributed by atoms with Crippen LogP contribution in [0.15, 0.2) is 58.0 Å². The fourth-order valence-electron chi connectivity index (χ4n) is 3.53. The molecule has 33 heavy (non-hydrogen) atoms. The van der Waals surface area contributed by atoms with Crippen LogP contribution in [-0.4, -0.2) is 43.8 Å². The summed E-state index contributed by atoms with van der Waals surface area (Å²) in [5, 5.41) is 2.72. The maximum absolute atomic E-state index is 12.8. The van der Waals surface area contributed by atoms with Crippen molar-refractivity contribution in [1.29, 1.82) is 0 Å². The number of ether oxygens (including phenoxy) is 2. The highest BCUT2D eigenvalue weighted by Crippen LogP contribution is 2.27. The number of methoxy groups -OCH3 is 1. The monoisotopic (exact) mass is 471 g/mol. The molecule has 0 bridgehead atoms. The molecule has 2 aromatic heterocycles. The number of benzene rings is 1. The third-order valence-corrected chi connectivity index (χ3v) is 7.30. The summed E-state index contributed by atoms with van der Waals surface area (Å²) in [5.74, 6) is 1.32. The van der Waals surface area contributed by atoms with Gasteiger partial charge in [0.1, 0.15) is 22.2 Å². The van der Waals surface area contributed by atoms with Crippen molar-refractivity contribution >= 4 is 15.9 Å². The van der Waals surface area contributed by atoms with Crippen LogP contribution in [0.3, 0.4) is 0 Å². The zero-order valence-corrected chi connectivity index (χ0v) is 19.2. The molecule has 1 aliphatic heterocycles. The Morgan fingerprint density at radius 2 is 1.91 bits per heavy atom. The average molecular weight is 472 g/mol. The zero-order chi connectivity index (χ0) is 23.4. The fraction of sp³-hybridized carbons (Fsp3) is 0.304. The first-order valence-corrected chi connectivity index (χ1v) is 12.0. The van der Waals surface area contributed by atoms with E-state index in [2.05, 4.69) is 10.3 Å². The first-order valence-electron chi connectivity index (χ1n) is 10.5. The Kier molecular flexibility index (Phi) is 6.66. The van der Waals surface area contributed by atoms with Gasteiger partial charge in [-0.3, -0.25) is 4.79 Å². The van der Waals surface area contributed by atoms with Gasteiger partial charge in [-0.05, 0) is 37.5 Å². The van der Waals surface area contributed by atoms with Crippen LogP contribution < -0.4 is 14.8 Å². The molecular formula is C23H25N3O6S. The molecule has 174 valence electrons. The van der Waals surface area contributed by atoms with E-state index in [1.165, 1.54) is 10.4 Å². The second-order valence-electron chi connectivity index (χ2n) is 7.61. The molecule has 0 atom stereocenters. The predicted octanol–water partition coefficient (Wildman–Crippen LogP) is 3.50. The van der Waals surface area contributed by atoms with Gasteiger partial charge in [0.2, 0.25) is 15.9 Å². The fourth-order valence-corrected chi connectivity index (χ4v) is 5.21. The number of carbonyl (C=O) groups is 1. The normalized spacial score (nSPS) is 14.2. The van der Waals surface area contributed by atoms with Crippen molar-refractivity contribution in [3.8, 4) is 17.4 Å². The van der Waals surface area contributed by atoms with E-state index in [4.69, 9.17) is 13.9 Å². The number of nitrogens with zero attached hydrogens (tertiary/aromatic N) is 2. The molecule has 0 aliphatic carbocycles. The van der Waals surface area contributed by atoms with Crippen LogP contribution in [0.4, 0.5) is 0 Å². The SMILES string of the molecule is COc1cccc(Oc2ccc(CNC(=O)c3cc(S(=O)(=O)N4CCCC4)c(C)o3)cn2)c1. The van der Waals surface area contributed by atoms with Gasteiger partial charge >= 0.3 is 0 Å². The Balaban J connectivity index is 1.37. The van der Waals surface area contributed by atoms with Gasteiger partial charge in [-0.15, -0.1) is 0 Å². The smallest absolute Gasteiger partial charge is 0.287 e. The Morgan fingerprint density at radius 1 is 1.15 bits per heavy atom. The topological polar surface area (TPSA) is 111 Å². The maximum atomic E-state index is 12.8. The van der Waals surface area contributed by atoms with Crippen LogP contribution in [0.25, 0.3) is 0 Å². The molecule has 0 radical (unpaired) electrons. The number of hydrogen-bond donors (Lipinski definition) is 1. The Hall–Kier alpha value is -3.37. The molecule has 1 saturated heterocycles. The van der Waals surface area contributed by atoms with Crippen molar-refractivity contribution in [3.63, 3.8) is 0 Å². The van der Waals surface area contributed by atoms with Crippen LogP contribution in [0.2, 0.25) is 0 Å². The van der Waals surface area contributed by atoms with Crippen LogP contribution in [0.1, 0.15) is 34.7 Å². The van der Waals surface area contributed by atoms with Crippen LogP contribution in [-0.2, 0) is 16.6 Å². The summed E-state index contributed by atoms with van der Waals surface area (Å²) in [6.45, 7) is 2.71. The third kappa shape index (κ3) is 5.18. The molecule has 0 unspecified atom stereocenters. The largest absolute Gasteiger partial charge is 0.497 e. The van der Waals surface area contributed by atoms with Crippen LogP contribution in [0.5, 0.6) is 17.4 Å². The molecule has 1 aromatic carbocycles. The molecule has 1 N–H and O–H groups in total. The van der Waals surface area contributed by atoms with E-state index >= 15 is 0 Å². The van der Waals surface area contributed by atoms with E-state index in [1.54, 1.807) is 44.5 Å². The summed E-state index contributed by atoms with van der Waals surface area (Å²) in [4.78, 5) is 16.8. The highest BCUT2D eigenvalue weighted by atomic mass is 32.2. The quantitative estimate of drug-likeness (QED) is 0.535. The summed E-state index contributed by atoms with van der Waals surface area (Å²) in [6.07, 6.45) is 3.26. The molecule has 1 fully saturated rings. The molecule has 0 spiro atoms. The number of hydrogen-bond acceptors (Lipinski definition) is 7. The first-order chi connectivity index (χ1) is 15.9. The summed E-state index contributed by atoms with van der Waals surface area (Å²) in [5.41, 5.74) is 0.745. The van der Waals surface area contributed by atoms with Gasteiger partial charge in [0.15, 0.2) is 5.76 Å². The Labute approximate surface area is 192 Å². The molecule has 9 nitrogen and oxygen atoms in total. The number of aryl methyl sites for hydroxylation is 1. The molecule has 0 saturated carbocycles. The lowest BCUT2D eigenvalue weighted by molar-refractivity contribution is 0.0922. The number of nitrogens with one attached hydrogen (secondary N) is 1. The van der Waals surface area contributed by atoms with E-state index < -0.39 is 15.9 Å². The number of carbonyl (C=O) groups excluding carboxylic acids is 1. The summed E-state index contributed by atoms with van der Waals surface area (Å²) < 4.78 is 43.3. The lowest BCUT2D eigenvalue weighted by Crippen LogP contribution is -2.28. The van der Waals surface area contributed by atoms with Crippen molar-refractivity contribution < 1.29 is 27.1 Å². The highest BCUT2D eigenvalue weighted by Gasteiger charge is 2.31. The molecule has 10 heteroatoms. The van der Waals surface area contributed by atoms with Gasteiger partial charge in [-0.2, -0.15) is 4.31 Å². The van der Waals surface area contributed by atoms with Crippen molar-refractivity contribution in [3.05, 3.63) is 65.7 Å². The van der Waals surface area contributed by atoms with Gasteiger partial charge in [0.05, 0.1) is 7.11 Å². The van der Waals surface area contributed by atoms with Crippen molar-refractivity contribution in [2.75, 3.05) is 20.2 Å². The molecule has 3 aromatic rings. The number of rotatable bonds is 8. The first kappa shape index (κ1) is 22.8. The summed E-state index contributed by atoms with van der Waals surface area (Å²) in [7, 11) is -2.08. The minimum atomic E-state index is -3.66. The molecule has 1 amide bonds. The van der Waals surface area contributed by atoms with Crippen molar-refractivity contribution in [2.45, 2.75) is 31.2 Å². The lowest BCUT2D eigenvalue weighted by atomic mass is 10.3. The molecular weight excluding hydrogens is 446 g/mol. The molecule has 3 heterocycles. The molecule has 1 aliphatic rings. The number of amides is 1. The van der Waals surface area contributed by atoms with E-state index in [0.29, 0.717) is 30.5 Å². The Morgan fingerprint density at radius 3 is 2.61 bits per heavy atom. The van der Waals surface area contributed by atoms with Gasteiger partial charge in [0.25, 0.3) is 5.91 Å². The second kappa shape index (κ2) is 9.63. The third-order valence-electron chi connectivity index (χ3n) is 5.29.